The summed E-state index contributed by atoms with van der Waals surface area (Å²) in [5, 5.41) is 0. The number of aryl methyl sites for hydroxylation is 1. The third kappa shape index (κ3) is 2.81. The van der Waals surface area contributed by atoms with Crippen molar-refractivity contribution < 1.29 is 12.4 Å². The first-order valence-corrected chi connectivity index (χ1v) is 6.02. The van der Waals surface area contributed by atoms with Crippen LogP contribution >= 0.6 is 0 Å². The molecular formula is C13H19ClN5-. The van der Waals surface area contributed by atoms with Gasteiger partial charge in [0.15, 0.2) is 0 Å². The number of hydrogen-bond acceptors (Lipinski definition) is 5. The predicted octanol–water partition coefficient (Wildman–Crippen LogP) is -1.43. The molecule has 1 aliphatic heterocycles. The molecule has 0 aromatic heterocycles. The minimum absolute atomic E-state index is 0. The Morgan fingerprint density at radius 2 is 1.79 bits per heavy atom. The predicted molar refractivity (Wildman–Crippen MR) is 75.6 cm³/mol. The molecule has 0 saturated carbocycles. The largest absolute Gasteiger partial charge is 1.00 e. The topological polar surface area (TPSA) is 80.0 Å². The zero-order chi connectivity index (χ0) is 13.3. The van der Waals surface area contributed by atoms with Crippen molar-refractivity contribution >= 4 is 17.6 Å². The fraction of sp³-hybridized carbons (Fsp3) is 0.385. The monoisotopic (exact) mass is 280 g/mol. The van der Waals surface area contributed by atoms with Crippen molar-refractivity contribution in [1.82, 2.24) is 0 Å². The highest BCUT2D eigenvalue weighted by atomic mass is 35.5. The fourth-order valence-electron chi connectivity index (χ4n) is 2.08. The maximum atomic E-state index is 6.01. The first kappa shape index (κ1) is 15.3. The van der Waals surface area contributed by atoms with Gasteiger partial charge >= 0.3 is 0 Å². The standard InChI is InChI=1S/C13H19N5.ClH/c1-4-13(3)17-11(14)16-12(15)18(13)10-7-5-9(2)6-8-10;/h5-8H,4H2,1-3H3,(H4,14,15,16,17);1H/p-1. The van der Waals surface area contributed by atoms with Gasteiger partial charge < -0.3 is 23.9 Å². The van der Waals surface area contributed by atoms with Crippen LogP contribution < -0.4 is 28.8 Å². The minimum atomic E-state index is -0.481. The number of hydrogen-bond donors (Lipinski definition) is 2. The summed E-state index contributed by atoms with van der Waals surface area (Å²) in [6, 6.07) is 8.12. The van der Waals surface area contributed by atoms with Gasteiger partial charge in [0, 0.05) is 5.69 Å². The van der Waals surface area contributed by atoms with Gasteiger partial charge in [0.1, 0.15) is 5.66 Å². The van der Waals surface area contributed by atoms with Crippen molar-refractivity contribution in [2.24, 2.45) is 21.5 Å². The third-order valence-corrected chi connectivity index (χ3v) is 3.26. The van der Waals surface area contributed by atoms with Gasteiger partial charge in [0.2, 0.25) is 11.9 Å². The fourth-order valence-corrected chi connectivity index (χ4v) is 2.08. The molecule has 1 heterocycles. The molecule has 0 saturated heterocycles. The van der Waals surface area contributed by atoms with E-state index in [0.29, 0.717) is 5.96 Å². The first-order chi connectivity index (χ1) is 8.46. The summed E-state index contributed by atoms with van der Waals surface area (Å²) in [5.41, 5.74) is 13.4. The number of rotatable bonds is 2. The van der Waals surface area contributed by atoms with Crippen LogP contribution in [0.5, 0.6) is 0 Å². The molecule has 104 valence electrons. The van der Waals surface area contributed by atoms with E-state index in [-0.39, 0.29) is 18.4 Å². The van der Waals surface area contributed by atoms with Gasteiger partial charge in [0.25, 0.3) is 0 Å². The average Bonchev–Trinajstić information content (AvgIpc) is 2.30. The number of nitrogens with two attached hydrogens (primary N) is 2. The number of aliphatic imine (C=N–C) groups is 2. The van der Waals surface area contributed by atoms with Gasteiger partial charge in [-0.25, -0.2) is 4.99 Å². The average molecular weight is 281 g/mol. The number of benzene rings is 1. The molecular weight excluding hydrogens is 262 g/mol. The lowest BCUT2D eigenvalue weighted by molar-refractivity contribution is -0.00000462. The van der Waals surface area contributed by atoms with Gasteiger partial charge in [0.05, 0.1) is 0 Å². The van der Waals surface area contributed by atoms with Crippen LogP contribution in [0, 0.1) is 6.92 Å². The molecule has 5 nitrogen and oxygen atoms in total. The number of guanidine groups is 2. The Morgan fingerprint density at radius 1 is 1.21 bits per heavy atom. The van der Waals surface area contributed by atoms with Gasteiger partial charge in [-0.3, -0.25) is 4.90 Å². The molecule has 0 spiro atoms. The zero-order valence-electron chi connectivity index (χ0n) is 11.4. The van der Waals surface area contributed by atoms with Crippen LogP contribution in [0.25, 0.3) is 0 Å². The quantitative estimate of drug-likeness (QED) is 0.697. The maximum Gasteiger partial charge on any atom is 0.220 e. The molecule has 1 unspecified atom stereocenters. The number of nitrogens with zero attached hydrogens (tertiary/aromatic N) is 3. The van der Waals surface area contributed by atoms with Crippen molar-refractivity contribution in [2.45, 2.75) is 32.9 Å². The van der Waals surface area contributed by atoms with Crippen molar-refractivity contribution in [2.75, 3.05) is 4.90 Å². The molecule has 4 N–H and O–H groups in total. The Bertz CT molecular complexity index is 508. The second-order valence-electron chi connectivity index (χ2n) is 4.68. The Kier molecular flexibility index (Phi) is 4.42. The van der Waals surface area contributed by atoms with E-state index < -0.39 is 5.66 Å². The summed E-state index contributed by atoms with van der Waals surface area (Å²) in [6.45, 7) is 6.10. The van der Waals surface area contributed by atoms with E-state index in [1.807, 2.05) is 43.0 Å². The normalized spacial score (nSPS) is 22.4. The summed E-state index contributed by atoms with van der Waals surface area (Å²) in [5.74, 6) is 0.621. The molecule has 1 atom stereocenters. The van der Waals surface area contributed by atoms with Crippen LogP contribution in [-0.2, 0) is 0 Å². The SMILES string of the molecule is CCC1(C)N=C(N)N=C(N)N1c1ccc(C)cc1.[Cl-]. The Hall–Kier alpha value is -1.75. The molecule has 19 heavy (non-hydrogen) atoms. The molecule has 1 aliphatic rings. The van der Waals surface area contributed by atoms with Crippen LogP contribution in [0.3, 0.4) is 0 Å². The summed E-state index contributed by atoms with van der Waals surface area (Å²) >= 11 is 0. The van der Waals surface area contributed by atoms with E-state index in [2.05, 4.69) is 16.9 Å². The Labute approximate surface area is 119 Å². The van der Waals surface area contributed by atoms with Crippen molar-refractivity contribution in [3.63, 3.8) is 0 Å². The molecule has 0 amide bonds. The highest BCUT2D eigenvalue weighted by Gasteiger charge is 2.35. The summed E-state index contributed by atoms with van der Waals surface area (Å²) in [6.07, 6.45) is 0.789. The second-order valence-corrected chi connectivity index (χ2v) is 4.68. The van der Waals surface area contributed by atoms with Crippen LogP contribution in [0.4, 0.5) is 5.69 Å². The minimum Gasteiger partial charge on any atom is -1.00 e. The van der Waals surface area contributed by atoms with Crippen molar-refractivity contribution in [3.05, 3.63) is 29.8 Å². The molecule has 2 rings (SSSR count). The molecule has 0 radical (unpaired) electrons. The molecule has 6 heteroatoms. The smallest absolute Gasteiger partial charge is 0.220 e. The van der Waals surface area contributed by atoms with Crippen LogP contribution in [-0.4, -0.2) is 17.6 Å². The lowest BCUT2D eigenvalue weighted by Crippen LogP contribution is -3.00. The van der Waals surface area contributed by atoms with E-state index in [0.717, 1.165) is 12.1 Å². The number of anilines is 1. The van der Waals surface area contributed by atoms with Crippen LogP contribution in [0.1, 0.15) is 25.8 Å². The Morgan fingerprint density at radius 3 is 2.32 bits per heavy atom. The van der Waals surface area contributed by atoms with Crippen molar-refractivity contribution in [3.8, 4) is 0 Å². The third-order valence-electron chi connectivity index (χ3n) is 3.26. The van der Waals surface area contributed by atoms with E-state index >= 15 is 0 Å². The van der Waals surface area contributed by atoms with Crippen LogP contribution in [0.15, 0.2) is 34.3 Å². The van der Waals surface area contributed by atoms with Gasteiger partial charge in [-0.2, -0.15) is 4.99 Å². The van der Waals surface area contributed by atoms with E-state index in [9.17, 15) is 0 Å². The number of halogens is 1. The Balaban J connectivity index is 0.00000180. The molecule has 0 fully saturated rings. The summed E-state index contributed by atoms with van der Waals surface area (Å²) < 4.78 is 0. The molecule has 0 bridgehead atoms. The van der Waals surface area contributed by atoms with E-state index in [1.165, 1.54) is 5.56 Å². The van der Waals surface area contributed by atoms with E-state index in [1.54, 1.807) is 0 Å². The lowest BCUT2D eigenvalue weighted by atomic mass is 10.1. The first-order valence-electron chi connectivity index (χ1n) is 6.02. The summed E-state index contributed by atoms with van der Waals surface area (Å²) in [4.78, 5) is 10.4. The van der Waals surface area contributed by atoms with Gasteiger partial charge in [-0.1, -0.05) is 24.6 Å². The lowest BCUT2D eigenvalue weighted by Gasteiger charge is -2.40. The van der Waals surface area contributed by atoms with Crippen LogP contribution in [0.2, 0.25) is 0 Å². The van der Waals surface area contributed by atoms with Gasteiger partial charge in [-0.15, -0.1) is 0 Å². The highest BCUT2D eigenvalue weighted by Crippen LogP contribution is 2.30. The zero-order valence-corrected chi connectivity index (χ0v) is 12.1. The van der Waals surface area contributed by atoms with Crippen molar-refractivity contribution in [1.29, 1.82) is 0 Å². The molecule has 1 aromatic rings. The maximum absolute atomic E-state index is 6.01. The van der Waals surface area contributed by atoms with E-state index in [4.69, 9.17) is 11.5 Å². The highest BCUT2D eigenvalue weighted by molar-refractivity contribution is 6.05. The second kappa shape index (κ2) is 5.48. The summed E-state index contributed by atoms with van der Waals surface area (Å²) in [7, 11) is 0. The molecule has 0 aliphatic carbocycles. The van der Waals surface area contributed by atoms with Gasteiger partial charge in [-0.05, 0) is 32.4 Å². The molecule has 1 aromatic carbocycles.